The van der Waals surface area contributed by atoms with E-state index in [-0.39, 0.29) is 10.7 Å². The molecule has 23 heavy (non-hydrogen) atoms. The minimum Gasteiger partial charge on any atom is -0.289 e. The zero-order valence-electron chi connectivity index (χ0n) is 12.5. The Hall–Kier alpha value is -2.66. The van der Waals surface area contributed by atoms with Gasteiger partial charge in [-0.25, -0.2) is 12.4 Å². The summed E-state index contributed by atoms with van der Waals surface area (Å²) in [7, 11) is -3.75. The quantitative estimate of drug-likeness (QED) is 0.543. The molecule has 0 aliphatic rings. The summed E-state index contributed by atoms with van der Waals surface area (Å²) in [5.74, 6) is -0.217. The van der Waals surface area contributed by atoms with Gasteiger partial charge in [0, 0.05) is 17.1 Å². The van der Waals surface area contributed by atoms with Crippen LogP contribution in [0.3, 0.4) is 0 Å². The number of fused-ring (bicyclic) bond motifs is 1. The highest BCUT2D eigenvalue weighted by atomic mass is 32.2. The lowest BCUT2D eigenvalue weighted by molar-refractivity contribution is 0.104. The lowest BCUT2D eigenvalue weighted by atomic mass is 10.1. The summed E-state index contributed by atoms with van der Waals surface area (Å²) in [4.78, 5) is 12.4. The first kappa shape index (κ1) is 15.2. The molecule has 0 N–H and O–H groups in total. The predicted molar refractivity (Wildman–Crippen MR) is 90.1 cm³/mol. The molecule has 0 saturated carbocycles. The van der Waals surface area contributed by atoms with Gasteiger partial charge in [-0.2, -0.15) is 0 Å². The Morgan fingerprint density at radius 1 is 1.00 bits per heavy atom. The molecule has 0 unspecified atom stereocenters. The summed E-state index contributed by atoms with van der Waals surface area (Å²) >= 11 is 0. The van der Waals surface area contributed by atoms with Crippen LogP contribution in [0.5, 0.6) is 0 Å². The van der Waals surface area contributed by atoms with E-state index in [9.17, 15) is 13.2 Å². The number of nitrogens with zero attached hydrogens (tertiary/aromatic N) is 1. The van der Waals surface area contributed by atoms with Gasteiger partial charge in [0.05, 0.1) is 10.4 Å². The Kier molecular flexibility index (Phi) is 3.88. The van der Waals surface area contributed by atoms with E-state index >= 15 is 0 Å². The van der Waals surface area contributed by atoms with Gasteiger partial charge in [0.25, 0.3) is 10.0 Å². The number of rotatable bonds is 4. The fraction of sp³-hybridized carbons (Fsp3) is 0.0556. The molecule has 116 valence electrons. The van der Waals surface area contributed by atoms with Crippen LogP contribution in [0.2, 0.25) is 0 Å². The van der Waals surface area contributed by atoms with Gasteiger partial charge >= 0.3 is 0 Å². The van der Waals surface area contributed by atoms with Crippen molar-refractivity contribution in [3.8, 4) is 0 Å². The maximum absolute atomic E-state index is 12.9. The molecule has 0 amide bonds. The topological polar surface area (TPSA) is 56.1 Å². The van der Waals surface area contributed by atoms with Crippen LogP contribution in [0.1, 0.15) is 17.3 Å². The molecule has 5 heteroatoms. The fourth-order valence-corrected chi connectivity index (χ4v) is 3.88. The largest absolute Gasteiger partial charge is 0.289 e. The second kappa shape index (κ2) is 5.85. The van der Waals surface area contributed by atoms with Crippen molar-refractivity contribution in [3.63, 3.8) is 0 Å². The highest BCUT2D eigenvalue weighted by Gasteiger charge is 2.22. The number of ketones is 1. The first-order valence-corrected chi connectivity index (χ1v) is 8.57. The van der Waals surface area contributed by atoms with Crippen molar-refractivity contribution >= 4 is 26.7 Å². The molecule has 0 fully saturated rings. The normalized spacial score (nSPS) is 12.0. The molecule has 2 aromatic carbocycles. The minimum atomic E-state index is -3.75. The second-order valence-electron chi connectivity index (χ2n) is 5.04. The number of benzene rings is 2. The lowest BCUT2D eigenvalue weighted by Crippen LogP contribution is -2.11. The summed E-state index contributed by atoms with van der Waals surface area (Å²) in [6, 6.07) is 15.2. The highest BCUT2D eigenvalue weighted by Crippen LogP contribution is 2.26. The van der Waals surface area contributed by atoms with Crippen molar-refractivity contribution in [2.75, 3.05) is 0 Å². The molecule has 3 rings (SSSR count). The number of allylic oxidation sites excluding steroid dienone is 2. The molecule has 1 aromatic heterocycles. The van der Waals surface area contributed by atoms with Crippen molar-refractivity contribution in [2.24, 2.45) is 0 Å². The Morgan fingerprint density at radius 3 is 2.35 bits per heavy atom. The smallest absolute Gasteiger partial charge is 0.268 e. The van der Waals surface area contributed by atoms with E-state index in [1.54, 1.807) is 55.5 Å². The molecular weight excluding hydrogens is 310 g/mol. The number of carbonyl (C=O) groups is 1. The Labute approximate surface area is 134 Å². The minimum absolute atomic E-state index is 0.186. The standard InChI is InChI=1S/C18H15NO3S/c1-2-8-18(20)16-13-19(17-12-7-6-11-15(16)17)23(21,22)14-9-4-3-5-10-14/h2-13H,1H3/b8-2+. The van der Waals surface area contributed by atoms with E-state index in [0.717, 1.165) is 0 Å². The monoisotopic (exact) mass is 325 g/mol. The molecule has 0 bridgehead atoms. The number of carbonyl (C=O) groups excluding carboxylic acids is 1. The van der Waals surface area contributed by atoms with E-state index in [1.807, 2.05) is 0 Å². The maximum Gasteiger partial charge on any atom is 0.268 e. The van der Waals surface area contributed by atoms with Crippen LogP contribution in [0, 0.1) is 0 Å². The van der Waals surface area contributed by atoms with Crippen LogP contribution in [0.25, 0.3) is 10.9 Å². The van der Waals surface area contributed by atoms with Crippen molar-refractivity contribution < 1.29 is 13.2 Å². The first-order chi connectivity index (χ1) is 11.1. The molecule has 0 radical (unpaired) electrons. The Bertz CT molecular complexity index is 999. The average molecular weight is 325 g/mol. The highest BCUT2D eigenvalue weighted by molar-refractivity contribution is 7.90. The van der Waals surface area contributed by atoms with E-state index in [4.69, 9.17) is 0 Å². The van der Waals surface area contributed by atoms with E-state index in [0.29, 0.717) is 16.5 Å². The average Bonchev–Trinajstić information content (AvgIpc) is 2.96. The summed E-state index contributed by atoms with van der Waals surface area (Å²) in [5.41, 5.74) is 0.863. The zero-order chi connectivity index (χ0) is 16.4. The molecule has 0 atom stereocenters. The summed E-state index contributed by atoms with van der Waals surface area (Å²) in [5, 5.41) is 0.620. The summed E-state index contributed by atoms with van der Waals surface area (Å²) < 4.78 is 26.9. The lowest BCUT2D eigenvalue weighted by Gasteiger charge is -2.07. The first-order valence-electron chi connectivity index (χ1n) is 7.13. The summed E-state index contributed by atoms with van der Waals surface area (Å²) in [6.45, 7) is 1.75. The van der Waals surface area contributed by atoms with Crippen molar-refractivity contribution in [1.82, 2.24) is 3.97 Å². The maximum atomic E-state index is 12.9. The molecule has 1 heterocycles. The van der Waals surface area contributed by atoms with Crippen molar-refractivity contribution in [3.05, 3.63) is 78.5 Å². The molecular formula is C18H15NO3S. The third-order valence-corrected chi connectivity index (χ3v) is 5.25. The van der Waals surface area contributed by atoms with Crippen molar-refractivity contribution in [1.29, 1.82) is 0 Å². The van der Waals surface area contributed by atoms with Crippen LogP contribution in [0.4, 0.5) is 0 Å². The van der Waals surface area contributed by atoms with E-state index in [1.165, 1.54) is 28.4 Å². The molecule has 4 nitrogen and oxygen atoms in total. The van der Waals surface area contributed by atoms with Crippen LogP contribution in [0.15, 0.2) is 77.8 Å². The number of hydrogen-bond acceptors (Lipinski definition) is 3. The van der Waals surface area contributed by atoms with Gasteiger partial charge in [-0.3, -0.25) is 4.79 Å². The van der Waals surface area contributed by atoms with E-state index < -0.39 is 10.0 Å². The second-order valence-corrected chi connectivity index (χ2v) is 6.85. The van der Waals surface area contributed by atoms with Crippen LogP contribution in [-0.2, 0) is 10.0 Å². The Balaban J connectivity index is 2.29. The van der Waals surface area contributed by atoms with Crippen LogP contribution in [-0.4, -0.2) is 18.2 Å². The van der Waals surface area contributed by atoms with Gasteiger partial charge in [0.15, 0.2) is 5.78 Å². The van der Waals surface area contributed by atoms with Crippen molar-refractivity contribution in [2.45, 2.75) is 11.8 Å². The molecule has 0 saturated heterocycles. The van der Waals surface area contributed by atoms with Gasteiger partial charge < -0.3 is 0 Å². The van der Waals surface area contributed by atoms with Gasteiger partial charge in [-0.05, 0) is 31.2 Å². The number of hydrogen-bond donors (Lipinski definition) is 0. The Morgan fingerprint density at radius 2 is 1.65 bits per heavy atom. The number of aromatic nitrogens is 1. The zero-order valence-corrected chi connectivity index (χ0v) is 13.3. The predicted octanol–water partition coefficient (Wildman–Crippen LogP) is 3.64. The van der Waals surface area contributed by atoms with Crippen LogP contribution >= 0.6 is 0 Å². The molecule has 3 aromatic rings. The SMILES string of the molecule is C/C=C/C(=O)c1cn(S(=O)(=O)c2ccccc2)c2ccccc12. The fourth-order valence-electron chi connectivity index (χ4n) is 2.49. The number of para-hydroxylation sites is 1. The van der Waals surface area contributed by atoms with Crippen LogP contribution < -0.4 is 0 Å². The molecule has 0 spiro atoms. The third kappa shape index (κ3) is 2.59. The molecule has 0 aliphatic heterocycles. The summed E-state index contributed by atoms with van der Waals surface area (Å²) in [6.07, 6.45) is 4.47. The molecule has 0 aliphatic carbocycles. The van der Waals surface area contributed by atoms with Gasteiger partial charge in [-0.1, -0.05) is 42.5 Å². The van der Waals surface area contributed by atoms with Gasteiger partial charge in [0.1, 0.15) is 0 Å². The van der Waals surface area contributed by atoms with E-state index in [2.05, 4.69) is 0 Å². The van der Waals surface area contributed by atoms with Gasteiger partial charge in [-0.15, -0.1) is 0 Å². The third-order valence-electron chi connectivity index (χ3n) is 3.56. The van der Waals surface area contributed by atoms with Gasteiger partial charge in [0.2, 0.25) is 0 Å².